The van der Waals surface area contributed by atoms with E-state index in [1.807, 2.05) is 24.3 Å². The van der Waals surface area contributed by atoms with Gasteiger partial charge in [0.1, 0.15) is 18.1 Å². The summed E-state index contributed by atoms with van der Waals surface area (Å²) < 4.78 is 5.12. The number of carboxylic acids is 1. The summed E-state index contributed by atoms with van der Waals surface area (Å²) in [7, 11) is 1.54. The van der Waals surface area contributed by atoms with Crippen LogP contribution < -0.4 is 15.4 Å². The number of carbonyl (C=O) groups is 1. The summed E-state index contributed by atoms with van der Waals surface area (Å²) in [6.45, 7) is -0.241. The zero-order valence-corrected chi connectivity index (χ0v) is 14.0. The Hall–Kier alpha value is -3.06. The Balaban J connectivity index is 1.95. The molecule has 0 fully saturated rings. The molecule has 1 heterocycles. The number of nitrogens with zero attached hydrogens (tertiary/aromatic N) is 2. The van der Waals surface area contributed by atoms with E-state index in [4.69, 9.17) is 21.4 Å². The second-order valence-corrected chi connectivity index (χ2v) is 5.54. The number of nitrogens with one attached hydrogen (secondary N) is 2. The summed E-state index contributed by atoms with van der Waals surface area (Å²) in [5.41, 5.74) is 1.37. The molecule has 0 radical (unpaired) electrons. The number of anilines is 3. The first-order valence-electron chi connectivity index (χ1n) is 7.40. The topological polar surface area (TPSA) is 96.4 Å². The summed E-state index contributed by atoms with van der Waals surface area (Å²) in [5, 5.41) is 16.0. The van der Waals surface area contributed by atoms with Crippen LogP contribution in [0.2, 0.25) is 5.02 Å². The Kier molecular flexibility index (Phi) is 4.85. The molecule has 0 saturated heterocycles. The summed E-state index contributed by atoms with van der Waals surface area (Å²) in [6.07, 6.45) is 0. The van der Waals surface area contributed by atoms with Gasteiger partial charge in [-0.25, -0.2) is 4.98 Å². The van der Waals surface area contributed by atoms with E-state index < -0.39 is 5.97 Å². The van der Waals surface area contributed by atoms with Gasteiger partial charge >= 0.3 is 5.97 Å². The molecule has 7 nitrogen and oxygen atoms in total. The molecule has 1 aromatic heterocycles. The van der Waals surface area contributed by atoms with E-state index in [0.717, 1.165) is 5.39 Å². The van der Waals surface area contributed by atoms with Crippen LogP contribution in [0.1, 0.15) is 0 Å². The number of rotatable bonds is 6. The first kappa shape index (κ1) is 16.8. The number of fused-ring (bicyclic) bond motifs is 1. The van der Waals surface area contributed by atoms with Crippen molar-refractivity contribution in [3.63, 3.8) is 0 Å². The molecule has 0 saturated carbocycles. The SMILES string of the molecule is COc1ccc(Nc2nc(NCC(=O)O)c3ccccc3n2)cc1Cl. The standard InChI is InChI=1S/C17H15ClN4O3/c1-25-14-7-6-10(8-12(14)18)20-17-21-13-5-3-2-4-11(13)16(22-17)19-9-15(23)24/h2-8H,9H2,1H3,(H,23,24)(H2,19,20,21,22). The number of aromatic nitrogens is 2. The van der Waals surface area contributed by atoms with Crippen molar-refractivity contribution in [3.05, 3.63) is 47.5 Å². The average Bonchev–Trinajstić information content (AvgIpc) is 2.60. The van der Waals surface area contributed by atoms with Crippen molar-refractivity contribution in [2.75, 3.05) is 24.3 Å². The van der Waals surface area contributed by atoms with Gasteiger partial charge in [-0.15, -0.1) is 0 Å². The molecular weight excluding hydrogens is 344 g/mol. The summed E-state index contributed by atoms with van der Waals surface area (Å²) in [6, 6.07) is 12.6. The average molecular weight is 359 g/mol. The highest BCUT2D eigenvalue weighted by Crippen LogP contribution is 2.29. The molecule has 2 aromatic carbocycles. The molecule has 0 aliphatic rings. The first-order chi connectivity index (χ1) is 12.1. The monoisotopic (exact) mass is 358 g/mol. The molecule has 25 heavy (non-hydrogen) atoms. The molecule has 3 aromatic rings. The van der Waals surface area contributed by atoms with Gasteiger partial charge in [0.25, 0.3) is 0 Å². The van der Waals surface area contributed by atoms with Crippen LogP contribution in [0.3, 0.4) is 0 Å². The van der Waals surface area contributed by atoms with Crippen LogP contribution in [-0.2, 0) is 4.79 Å². The lowest BCUT2D eigenvalue weighted by molar-refractivity contribution is -0.134. The predicted octanol–water partition coefficient (Wildman–Crippen LogP) is 3.53. The number of benzene rings is 2. The van der Waals surface area contributed by atoms with Crippen molar-refractivity contribution in [1.82, 2.24) is 9.97 Å². The van der Waals surface area contributed by atoms with Gasteiger partial charge in [-0.05, 0) is 30.3 Å². The van der Waals surface area contributed by atoms with Gasteiger partial charge in [0.15, 0.2) is 0 Å². The van der Waals surface area contributed by atoms with Crippen molar-refractivity contribution in [2.24, 2.45) is 0 Å². The number of ether oxygens (including phenoxy) is 1. The van der Waals surface area contributed by atoms with Crippen molar-refractivity contribution in [2.45, 2.75) is 0 Å². The van der Waals surface area contributed by atoms with Crippen LogP contribution in [0.4, 0.5) is 17.5 Å². The molecule has 0 unspecified atom stereocenters. The van der Waals surface area contributed by atoms with Gasteiger partial charge in [-0.1, -0.05) is 23.7 Å². The zero-order valence-electron chi connectivity index (χ0n) is 13.3. The van der Waals surface area contributed by atoms with Crippen molar-refractivity contribution in [1.29, 1.82) is 0 Å². The van der Waals surface area contributed by atoms with E-state index >= 15 is 0 Å². The number of carboxylic acid groups (broad SMARTS) is 1. The minimum absolute atomic E-state index is 0.241. The molecule has 0 aliphatic carbocycles. The maximum absolute atomic E-state index is 10.8. The maximum atomic E-state index is 10.8. The third-order valence-corrected chi connectivity index (χ3v) is 3.71. The van der Waals surface area contributed by atoms with Crippen LogP contribution in [0.25, 0.3) is 10.9 Å². The quantitative estimate of drug-likeness (QED) is 0.620. The zero-order chi connectivity index (χ0) is 17.8. The summed E-state index contributed by atoms with van der Waals surface area (Å²) in [4.78, 5) is 19.7. The van der Waals surface area contributed by atoms with Gasteiger partial charge in [0.2, 0.25) is 5.95 Å². The Morgan fingerprint density at radius 3 is 2.76 bits per heavy atom. The lowest BCUT2D eigenvalue weighted by Crippen LogP contribution is -2.14. The Labute approximate surface area is 148 Å². The van der Waals surface area contributed by atoms with Crippen LogP contribution in [0.15, 0.2) is 42.5 Å². The highest BCUT2D eigenvalue weighted by Gasteiger charge is 2.10. The van der Waals surface area contributed by atoms with E-state index in [9.17, 15) is 4.79 Å². The lowest BCUT2D eigenvalue weighted by atomic mass is 10.2. The second kappa shape index (κ2) is 7.23. The fourth-order valence-electron chi connectivity index (χ4n) is 2.30. The fourth-order valence-corrected chi connectivity index (χ4v) is 2.56. The Morgan fingerprint density at radius 1 is 1.24 bits per heavy atom. The summed E-state index contributed by atoms with van der Waals surface area (Å²) >= 11 is 6.12. The number of aliphatic carboxylic acids is 1. The van der Waals surface area contributed by atoms with Gasteiger partial charge in [0, 0.05) is 11.1 Å². The third-order valence-electron chi connectivity index (χ3n) is 3.42. The molecule has 0 spiro atoms. The predicted molar refractivity (Wildman–Crippen MR) is 97.0 cm³/mol. The molecule has 128 valence electrons. The molecule has 8 heteroatoms. The molecule has 0 aliphatic heterocycles. The molecule has 0 atom stereocenters. The van der Waals surface area contributed by atoms with E-state index in [-0.39, 0.29) is 6.54 Å². The van der Waals surface area contributed by atoms with Gasteiger partial charge in [0.05, 0.1) is 17.6 Å². The fraction of sp³-hybridized carbons (Fsp3) is 0.118. The number of para-hydroxylation sites is 1. The van der Waals surface area contributed by atoms with Crippen molar-refractivity contribution < 1.29 is 14.6 Å². The van der Waals surface area contributed by atoms with E-state index in [1.165, 1.54) is 0 Å². The largest absolute Gasteiger partial charge is 0.495 e. The molecule has 3 rings (SSSR count). The molecular formula is C17H15ClN4O3. The minimum Gasteiger partial charge on any atom is -0.495 e. The first-order valence-corrected chi connectivity index (χ1v) is 7.77. The van der Waals surface area contributed by atoms with Crippen molar-refractivity contribution in [3.8, 4) is 5.75 Å². The van der Waals surface area contributed by atoms with E-state index in [2.05, 4.69) is 20.6 Å². The van der Waals surface area contributed by atoms with Crippen LogP contribution >= 0.6 is 11.6 Å². The molecule has 0 amide bonds. The second-order valence-electron chi connectivity index (χ2n) is 5.13. The van der Waals surface area contributed by atoms with Crippen LogP contribution in [0.5, 0.6) is 5.75 Å². The number of hydrogen-bond donors (Lipinski definition) is 3. The maximum Gasteiger partial charge on any atom is 0.322 e. The normalized spacial score (nSPS) is 10.5. The van der Waals surface area contributed by atoms with Crippen LogP contribution in [-0.4, -0.2) is 34.7 Å². The Morgan fingerprint density at radius 2 is 2.04 bits per heavy atom. The van der Waals surface area contributed by atoms with Crippen molar-refractivity contribution >= 4 is 45.9 Å². The minimum atomic E-state index is -0.973. The summed E-state index contributed by atoms with van der Waals surface area (Å²) in [5.74, 6) is 0.359. The Bertz CT molecular complexity index is 933. The van der Waals surface area contributed by atoms with E-state index in [1.54, 1.807) is 25.3 Å². The lowest BCUT2D eigenvalue weighted by Gasteiger charge is -2.11. The highest BCUT2D eigenvalue weighted by molar-refractivity contribution is 6.32. The molecule has 3 N–H and O–H groups in total. The smallest absolute Gasteiger partial charge is 0.322 e. The number of halogens is 1. The van der Waals surface area contributed by atoms with Crippen LogP contribution in [0, 0.1) is 0 Å². The highest BCUT2D eigenvalue weighted by atomic mass is 35.5. The number of methoxy groups -OCH3 is 1. The van der Waals surface area contributed by atoms with Gasteiger partial charge in [-0.3, -0.25) is 4.79 Å². The third kappa shape index (κ3) is 3.89. The van der Waals surface area contributed by atoms with E-state index in [0.29, 0.717) is 33.7 Å². The number of hydrogen-bond acceptors (Lipinski definition) is 6. The molecule has 0 bridgehead atoms. The van der Waals surface area contributed by atoms with Gasteiger partial charge < -0.3 is 20.5 Å². The van der Waals surface area contributed by atoms with Gasteiger partial charge in [-0.2, -0.15) is 4.98 Å².